The van der Waals surface area contributed by atoms with Gasteiger partial charge in [-0.05, 0) is 30.7 Å². The maximum absolute atomic E-state index is 12.7. The maximum Gasteiger partial charge on any atom is 0.262 e. The van der Waals surface area contributed by atoms with Crippen LogP contribution < -0.4 is 4.72 Å². The molecule has 124 valence electrons. The standard InChI is InChI=1S/C17H13Cl2NO3S/c1-10-6-7-11(18)8-16(10)24(22,23)20-15-9-14(19)17(21)13-5-3-2-4-12(13)15/h2-9,20-21H,1H3. The van der Waals surface area contributed by atoms with Gasteiger partial charge in [0, 0.05) is 15.8 Å². The van der Waals surface area contributed by atoms with Crippen molar-refractivity contribution < 1.29 is 13.5 Å². The van der Waals surface area contributed by atoms with E-state index in [4.69, 9.17) is 23.2 Å². The third kappa shape index (κ3) is 3.02. The van der Waals surface area contributed by atoms with Gasteiger partial charge < -0.3 is 5.11 Å². The van der Waals surface area contributed by atoms with E-state index in [0.29, 0.717) is 21.4 Å². The Bertz CT molecular complexity index is 1050. The van der Waals surface area contributed by atoms with E-state index in [9.17, 15) is 13.5 Å². The van der Waals surface area contributed by atoms with Gasteiger partial charge in [-0.15, -0.1) is 0 Å². The van der Waals surface area contributed by atoms with Crippen LogP contribution in [0.25, 0.3) is 10.8 Å². The van der Waals surface area contributed by atoms with E-state index >= 15 is 0 Å². The molecular formula is C17H13Cl2NO3S. The molecule has 0 aliphatic heterocycles. The predicted octanol–water partition coefficient (Wildman–Crippen LogP) is 4.96. The number of hydrogen-bond acceptors (Lipinski definition) is 3. The molecule has 7 heteroatoms. The first-order chi connectivity index (χ1) is 11.3. The van der Waals surface area contributed by atoms with Crippen molar-refractivity contribution in [1.82, 2.24) is 0 Å². The predicted molar refractivity (Wildman–Crippen MR) is 97.6 cm³/mol. The summed E-state index contributed by atoms with van der Waals surface area (Å²) < 4.78 is 28.0. The number of phenols is 1. The van der Waals surface area contributed by atoms with Crippen molar-refractivity contribution in [2.45, 2.75) is 11.8 Å². The van der Waals surface area contributed by atoms with E-state index in [-0.39, 0.29) is 21.4 Å². The summed E-state index contributed by atoms with van der Waals surface area (Å²) in [6.45, 7) is 1.69. The quantitative estimate of drug-likeness (QED) is 0.629. The number of anilines is 1. The zero-order chi connectivity index (χ0) is 17.5. The molecule has 3 rings (SSSR count). The molecule has 0 amide bonds. The fraction of sp³-hybridized carbons (Fsp3) is 0.0588. The summed E-state index contributed by atoms with van der Waals surface area (Å²) in [5.74, 6) is -0.0887. The largest absolute Gasteiger partial charge is 0.506 e. The first kappa shape index (κ1) is 16.9. The zero-order valence-electron chi connectivity index (χ0n) is 12.5. The number of sulfonamides is 1. The second kappa shape index (κ2) is 6.16. The van der Waals surface area contributed by atoms with Crippen molar-refractivity contribution in [2.75, 3.05) is 4.72 Å². The van der Waals surface area contributed by atoms with E-state index in [1.165, 1.54) is 12.1 Å². The van der Waals surface area contributed by atoms with Gasteiger partial charge in [-0.2, -0.15) is 0 Å². The lowest BCUT2D eigenvalue weighted by Crippen LogP contribution is -2.14. The monoisotopic (exact) mass is 381 g/mol. The van der Waals surface area contributed by atoms with Crippen molar-refractivity contribution in [1.29, 1.82) is 0 Å². The number of benzene rings is 3. The SMILES string of the molecule is Cc1ccc(Cl)cc1S(=O)(=O)Nc1cc(Cl)c(O)c2ccccc12. The second-order valence-corrected chi connectivity index (χ2v) is 7.81. The number of rotatable bonds is 3. The van der Waals surface area contributed by atoms with Gasteiger partial charge in [0.05, 0.1) is 15.6 Å². The number of aromatic hydroxyl groups is 1. The van der Waals surface area contributed by atoms with E-state index < -0.39 is 10.0 Å². The Balaban J connectivity index is 2.16. The van der Waals surface area contributed by atoms with Crippen molar-refractivity contribution in [3.63, 3.8) is 0 Å². The molecule has 2 N–H and O–H groups in total. The lowest BCUT2D eigenvalue weighted by atomic mass is 10.1. The molecule has 0 radical (unpaired) electrons. The van der Waals surface area contributed by atoms with E-state index in [1.807, 2.05) is 0 Å². The van der Waals surface area contributed by atoms with Crippen LogP contribution >= 0.6 is 23.2 Å². The molecule has 4 nitrogen and oxygen atoms in total. The van der Waals surface area contributed by atoms with Crippen LogP contribution in [0.5, 0.6) is 5.75 Å². The summed E-state index contributed by atoms with van der Waals surface area (Å²) in [6, 6.07) is 12.9. The van der Waals surface area contributed by atoms with Gasteiger partial charge in [-0.3, -0.25) is 4.72 Å². The molecule has 3 aromatic carbocycles. The van der Waals surface area contributed by atoms with Crippen LogP contribution in [0.3, 0.4) is 0 Å². The maximum atomic E-state index is 12.7. The topological polar surface area (TPSA) is 66.4 Å². The van der Waals surface area contributed by atoms with Crippen LogP contribution in [0.2, 0.25) is 10.0 Å². The molecule has 0 fully saturated rings. The Hall–Kier alpha value is -1.95. The molecule has 24 heavy (non-hydrogen) atoms. The van der Waals surface area contributed by atoms with Crippen LogP contribution in [0.4, 0.5) is 5.69 Å². The third-order valence-electron chi connectivity index (χ3n) is 3.65. The Morgan fingerprint density at radius 3 is 2.38 bits per heavy atom. The highest BCUT2D eigenvalue weighted by Gasteiger charge is 2.20. The molecule has 0 bridgehead atoms. The van der Waals surface area contributed by atoms with Crippen LogP contribution in [0.1, 0.15) is 5.56 Å². The summed E-state index contributed by atoms with van der Waals surface area (Å²) in [5, 5.41) is 11.5. The number of hydrogen-bond donors (Lipinski definition) is 2. The average molecular weight is 382 g/mol. The third-order valence-corrected chi connectivity index (χ3v) is 5.68. The van der Waals surface area contributed by atoms with E-state index in [1.54, 1.807) is 43.3 Å². The van der Waals surface area contributed by atoms with Crippen molar-refractivity contribution in [3.8, 4) is 5.75 Å². The highest BCUT2D eigenvalue weighted by atomic mass is 35.5. The van der Waals surface area contributed by atoms with Crippen molar-refractivity contribution in [2.24, 2.45) is 0 Å². The highest BCUT2D eigenvalue weighted by molar-refractivity contribution is 7.92. The summed E-state index contributed by atoms with van der Waals surface area (Å²) in [4.78, 5) is 0.0864. The molecule has 3 aromatic rings. The van der Waals surface area contributed by atoms with Crippen LogP contribution in [0, 0.1) is 6.92 Å². The summed E-state index contributed by atoms with van der Waals surface area (Å²) in [5.41, 5.74) is 0.855. The van der Waals surface area contributed by atoms with Crippen LogP contribution in [-0.2, 0) is 10.0 Å². The minimum absolute atomic E-state index is 0.0641. The normalized spacial score (nSPS) is 11.6. The Morgan fingerprint density at radius 2 is 1.67 bits per heavy atom. The Kier molecular flexibility index (Phi) is 4.34. The molecule has 0 aliphatic carbocycles. The minimum atomic E-state index is -3.86. The first-order valence-electron chi connectivity index (χ1n) is 6.99. The second-order valence-electron chi connectivity index (χ2n) is 5.32. The van der Waals surface area contributed by atoms with Crippen LogP contribution in [-0.4, -0.2) is 13.5 Å². The number of aryl methyl sites for hydroxylation is 1. The smallest absolute Gasteiger partial charge is 0.262 e. The minimum Gasteiger partial charge on any atom is -0.506 e. The number of halogens is 2. The molecular weight excluding hydrogens is 369 g/mol. The van der Waals surface area contributed by atoms with E-state index in [0.717, 1.165) is 0 Å². The van der Waals surface area contributed by atoms with Crippen molar-refractivity contribution >= 4 is 49.7 Å². The lowest BCUT2D eigenvalue weighted by molar-refractivity contribution is 0.482. The molecule has 0 heterocycles. The summed E-state index contributed by atoms with van der Waals surface area (Å²) in [7, 11) is -3.86. The van der Waals surface area contributed by atoms with Gasteiger partial charge in [-0.1, -0.05) is 53.5 Å². The molecule has 0 aliphatic rings. The van der Waals surface area contributed by atoms with Gasteiger partial charge >= 0.3 is 0 Å². The Morgan fingerprint density at radius 1 is 1.00 bits per heavy atom. The molecule has 0 aromatic heterocycles. The van der Waals surface area contributed by atoms with Gasteiger partial charge in [0.1, 0.15) is 5.75 Å². The fourth-order valence-corrected chi connectivity index (χ4v) is 4.26. The average Bonchev–Trinajstić information content (AvgIpc) is 2.54. The molecule has 0 saturated carbocycles. The van der Waals surface area contributed by atoms with E-state index in [2.05, 4.69) is 4.72 Å². The van der Waals surface area contributed by atoms with Crippen LogP contribution in [0.15, 0.2) is 53.4 Å². The molecule has 0 atom stereocenters. The zero-order valence-corrected chi connectivity index (χ0v) is 14.9. The number of phenolic OH excluding ortho intramolecular Hbond substituents is 1. The lowest BCUT2D eigenvalue weighted by Gasteiger charge is -2.14. The number of fused-ring (bicyclic) bond motifs is 1. The molecule has 0 unspecified atom stereocenters. The van der Waals surface area contributed by atoms with Gasteiger partial charge in [0.2, 0.25) is 0 Å². The number of nitrogens with one attached hydrogen (secondary N) is 1. The van der Waals surface area contributed by atoms with Gasteiger partial charge in [-0.25, -0.2) is 8.42 Å². The van der Waals surface area contributed by atoms with Crippen molar-refractivity contribution in [3.05, 3.63) is 64.1 Å². The Labute approximate surface area is 149 Å². The highest BCUT2D eigenvalue weighted by Crippen LogP contribution is 2.38. The van der Waals surface area contributed by atoms with Gasteiger partial charge in [0.15, 0.2) is 0 Å². The molecule has 0 spiro atoms. The molecule has 0 saturated heterocycles. The summed E-state index contributed by atoms with van der Waals surface area (Å²) >= 11 is 11.9. The van der Waals surface area contributed by atoms with Gasteiger partial charge in [0.25, 0.3) is 10.0 Å². The first-order valence-corrected chi connectivity index (χ1v) is 9.22. The fourth-order valence-electron chi connectivity index (χ4n) is 2.47. The summed E-state index contributed by atoms with van der Waals surface area (Å²) in [6.07, 6.45) is 0.